The minimum atomic E-state index is 1.03. The van der Waals surface area contributed by atoms with Crippen molar-refractivity contribution in [3.8, 4) is 0 Å². The Kier molecular flexibility index (Phi) is 1.73. The molecule has 64 valence electrons. The predicted molar refractivity (Wildman–Crippen MR) is 47.7 cm³/mol. The third-order valence-corrected chi connectivity index (χ3v) is 2.36. The zero-order chi connectivity index (χ0) is 8.55. The smallest absolute Gasteiger partial charge is 0.207 e. The number of hydrazine groups is 1. The lowest BCUT2D eigenvalue weighted by molar-refractivity contribution is -0.678. The lowest BCUT2D eigenvalue weighted by Gasteiger charge is -2.25. The molecule has 0 atom stereocenters. The summed E-state index contributed by atoms with van der Waals surface area (Å²) in [5.74, 6) is 0. The van der Waals surface area contributed by atoms with E-state index in [0.29, 0.717) is 0 Å². The summed E-state index contributed by atoms with van der Waals surface area (Å²) >= 11 is 0. The minimum Gasteiger partial charge on any atom is -0.306 e. The van der Waals surface area contributed by atoms with E-state index in [2.05, 4.69) is 47.4 Å². The molecule has 0 unspecified atom stereocenters. The monoisotopic (exact) mass is 164 g/mol. The van der Waals surface area contributed by atoms with Gasteiger partial charge in [0.25, 0.3) is 0 Å². The molecule has 0 bridgehead atoms. The quantitative estimate of drug-likeness (QED) is 0.545. The van der Waals surface area contributed by atoms with Crippen LogP contribution in [0.1, 0.15) is 5.69 Å². The van der Waals surface area contributed by atoms with Crippen LogP contribution in [0, 0.1) is 0 Å². The van der Waals surface area contributed by atoms with Crippen LogP contribution in [-0.2, 0) is 13.5 Å². The van der Waals surface area contributed by atoms with Gasteiger partial charge in [-0.1, -0.05) is 0 Å². The fourth-order valence-corrected chi connectivity index (χ4v) is 1.67. The van der Waals surface area contributed by atoms with E-state index in [0.717, 1.165) is 13.0 Å². The van der Waals surface area contributed by atoms with Gasteiger partial charge in [-0.25, -0.2) is 9.99 Å². The van der Waals surface area contributed by atoms with Crippen molar-refractivity contribution in [1.29, 1.82) is 0 Å². The average Bonchev–Trinajstić information content (AvgIpc) is 2.07. The van der Waals surface area contributed by atoms with Crippen LogP contribution in [0.25, 0.3) is 0 Å². The van der Waals surface area contributed by atoms with E-state index in [-0.39, 0.29) is 0 Å². The van der Waals surface area contributed by atoms with Gasteiger partial charge in [0.15, 0.2) is 6.20 Å². The van der Waals surface area contributed by atoms with Crippen molar-refractivity contribution in [2.45, 2.75) is 6.42 Å². The van der Waals surface area contributed by atoms with Crippen molar-refractivity contribution in [3.05, 3.63) is 24.0 Å². The van der Waals surface area contributed by atoms with Crippen molar-refractivity contribution >= 4 is 5.69 Å². The number of rotatable bonds is 0. The first kappa shape index (κ1) is 7.55. The Balaban J connectivity index is 2.52. The summed E-state index contributed by atoms with van der Waals surface area (Å²) in [5, 5.41) is 2.08. The van der Waals surface area contributed by atoms with Gasteiger partial charge in [-0.3, -0.25) is 0 Å². The van der Waals surface area contributed by atoms with Gasteiger partial charge in [0.1, 0.15) is 12.7 Å². The normalized spacial score (nSPS) is 16.0. The van der Waals surface area contributed by atoms with Crippen LogP contribution in [-0.4, -0.2) is 13.6 Å². The molecule has 0 saturated carbocycles. The third-order valence-electron chi connectivity index (χ3n) is 2.36. The van der Waals surface area contributed by atoms with E-state index < -0.39 is 0 Å². The summed E-state index contributed by atoms with van der Waals surface area (Å²) in [6.45, 7) is 1.03. The molecular weight excluding hydrogens is 150 g/mol. The van der Waals surface area contributed by atoms with Crippen molar-refractivity contribution in [2.24, 2.45) is 7.05 Å². The highest BCUT2D eigenvalue weighted by Crippen LogP contribution is 2.16. The predicted octanol–water partition coefficient (Wildman–Crippen LogP) is 0.00800. The van der Waals surface area contributed by atoms with Crippen LogP contribution in [0.5, 0.6) is 0 Å². The van der Waals surface area contributed by atoms with Crippen LogP contribution in [0.3, 0.4) is 0 Å². The number of hydrogen-bond acceptors (Lipinski definition) is 2. The molecule has 1 aromatic rings. The van der Waals surface area contributed by atoms with Gasteiger partial charge >= 0.3 is 0 Å². The van der Waals surface area contributed by atoms with E-state index in [4.69, 9.17) is 0 Å². The fraction of sp³-hybridized carbons (Fsp3) is 0.444. The average molecular weight is 164 g/mol. The number of fused-ring (bicyclic) bond motifs is 1. The summed E-state index contributed by atoms with van der Waals surface area (Å²) < 4.78 is 2.19. The number of pyridine rings is 1. The number of nitrogens with one attached hydrogen (secondary N) is 1. The molecule has 3 heteroatoms. The van der Waals surface area contributed by atoms with E-state index in [1.807, 2.05) is 0 Å². The van der Waals surface area contributed by atoms with E-state index >= 15 is 0 Å². The molecule has 1 aliphatic heterocycles. The minimum absolute atomic E-state index is 1.03. The second-order valence-corrected chi connectivity index (χ2v) is 3.17. The number of anilines is 1. The first-order chi connectivity index (χ1) is 5.79. The molecule has 2 heterocycles. The number of aromatic nitrogens is 1. The van der Waals surface area contributed by atoms with Crippen LogP contribution < -0.4 is 15.0 Å². The SMILES string of the molecule is CN1NCCc2c1ccc[n+]2C. The van der Waals surface area contributed by atoms with E-state index in [1.165, 1.54) is 11.4 Å². The molecule has 0 spiro atoms. The van der Waals surface area contributed by atoms with Gasteiger partial charge in [-0.15, -0.1) is 0 Å². The molecule has 1 aromatic heterocycles. The summed E-state index contributed by atoms with van der Waals surface area (Å²) in [7, 11) is 4.15. The van der Waals surface area contributed by atoms with E-state index in [1.54, 1.807) is 0 Å². The van der Waals surface area contributed by atoms with Crippen molar-refractivity contribution in [2.75, 3.05) is 18.6 Å². The van der Waals surface area contributed by atoms with Crippen molar-refractivity contribution in [1.82, 2.24) is 5.43 Å². The molecule has 0 aromatic carbocycles. The lowest BCUT2D eigenvalue weighted by Crippen LogP contribution is -2.46. The third kappa shape index (κ3) is 1.06. The zero-order valence-electron chi connectivity index (χ0n) is 7.54. The Bertz CT molecular complexity index is 296. The first-order valence-electron chi connectivity index (χ1n) is 4.24. The molecule has 0 radical (unpaired) electrons. The van der Waals surface area contributed by atoms with Gasteiger partial charge in [0.2, 0.25) is 5.69 Å². The molecule has 0 amide bonds. The fourth-order valence-electron chi connectivity index (χ4n) is 1.67. The van der Waals surface area contributed by atoms with Gasteiger partial charge in [-0.05, 0) is 6.07 Å². The molecule has 12 heavy (non-hydrogen) atoms. The highest BCUT2D eigenvalue weighted by atomic mass is 15.5. The Morgan fingerprint density at radius 3 is 3.17 bits per heavy atom. The molecular formula is C9H14N3+. The molecule has 2 rings (SSSR count). The summed E-state index contributed by atoms with van der Waals surface area (Å²) in [5.41, 5.74) is 5.97. The number of nitrogens with zero attached hydrogens (tertiary/aromatic N) is 2. The van der Waals surface area contributed by atoms with Crippen molar-refractivity contribution < 1.29 is 4.57 Å². The Labute approximate surface area is 72.6 Å². The van der Waals surface area contributed by atoms with Gasteiger partial charge in [0.05, 0.1) is 0 Å². The second kappa shape index (κ2) is 2.75. The molecule has 3 nitrogen and oxygen atoms in total. The molecule has 1 N–H and O–H groups in total. The van der Waals surface area contributed by atoms with Crippen molar-refractivity contribution in [3.63, 3.8) is 0 Å². The van der Waals surface area contributed by atoms with Gasteiger partial charge < -0.3 is 5.01 Å². The highest BCUT2D eigenvalue weighted by molar-refractivity contribution is 5.48. The molecule has 0 fully saturated rings. The zero-order valence-corrected chi connectivity index (χ0v) is 7.54. The lowest BCUT2D eigenvalue weighted by atomic mass is 10.2. The molecule has 0 aliphatic carbocycles. The van der Waals surface area contributed by atoms with Crippen LogP contribution in [0.15, 0.2) is 18.3 Å². The standard InChI is InChI=1S/C9H14N3/c1-11-7-3-4-9-8(11)5-6-10-12(9)2/h3-4,7,10H,5-6H2,1-2H3/q+1. The summed E-state index contributed by atoms with van der Waals surface area (Å²) in [4.78, 5) is 0. The summed E-state index contributed by atoms with van der Waals surface area (Å²) in [6, 6.07) is 4.21. The number of aryl methyl sites for hydroxylation is 1. The second-order valence-electron chi connectivity index (χ2n) is 3.17. The van der Waals surface area contributed by atoms with Gasteiger partial charge in [0, 0.05) is 26.1 Å². The number of hydrogen-bond donors (Lipinski definition) is 1. The largest absolute Gasteiger partial charge is 0.306 e. The van der Waals surface area contributed by atoms with Crippen LogP contribution >= 0.6 is 0 Å². The maximum Gasteiger partial charge on any atom is 0.207 e. The van der Waals surface area contributed by atoms with Crippen LogP contribution in [0.4, 0.5) is 5.69 Å². The van der Waals surface area contributed by atoms with Crippen LogP contribution in [0.2, 0.25) is 0 Å². The van der Waals surface area contributed by atoms with E-state index in [9.17, 15) is 0 Å². The summed E-state index contributed by atoms with van der Waals surface area (Å²) in [6.07, 6.45) is 3.20. The Morgan fingerprint density at radius 1 is 1.58 bits per heavy atom. The highest BCUT2D eigenvalue weighted by Gasteiger charge is 2.19. The Morgan fingerprint density at radius 2 is 2.42 bits per heavy atom. The molecule has 1 aliphatic rings. The Hall–Kier alpha value is -1.09. The maximum atomic E-state index is 3.29. The molecule has 0 saturated heterocycles. The van der Waals surface area contributed by atoms with Gasteiger partial charge in [-0.2, -0.15) is 0 Å². The topological polar surface area (TPSA) is 19.1 Å². The first-order valence-corrected chi connectivity index (χ1v) is 4.24. The maximum absolute atomic E-state index is 3.29.